The lowest BCUT2D eigenvalue weighted by Gasteiger charge is -2.35. The van der Waals surface area contributed by atoms with Crippen molar-refractivity contribution in [2.75, 3.05) is 53.0 Å². The van der Waals surface area contributed by atoms with Crippen LogP contribution in [0.4, 0.5) is 0 Å². The molecule has 0 aromatic heterocycles. The summed E-state index contributed by atoms with van der Waals surface area (Å²) in [5.74, 6) is 1.08. The zero-order valence-corrected chi connectivity index (χ0v) is 21.6. The molecule has 6 nitrogen and oxygen atoms in total. The molecule has 0 aromatic carbocycles. The Bertz CT molecular complexity index is 474. The molecule has 30 heavy (non-hydrogen) atoms. The van der Waals surface area contributed by atoms with Crippen LogP contribution in [0.1, 0.15) is 71.1 Å². The van der Waals surface area contributed by atoms with E-state index in [0.717, 1.165) is 77.2 Å². The lowest BCUT2D eigenvalue weighted by atomic mass is 9.94. The van der Waals surface area contributed by atoms with Gasteiger partial charge in [0.15, 0.2) is 5.96 Å². The molecule has 1 atom stereocenters. The predicted octanol–water partition coefficient (Wildman–Crippen LogP) is 3.88. The van der Waals surface area contributed by atoms with Crippen LogP contribution in [0, 0.1) is 0 Å². The summed E-state index contributed by atoms with van der Waals surface area (Å²) < 4.78 is 12.0. The van der Waals surface area contributed by atoms with E-state index in [1.165, 1.54) is 44.9 Å². The first-order valence-electron chi connectivity index (χ1n) is 12.2. The molecular formula is C23H45IN4O2. The molecule has 0 spiro atoms. The van der Waals surface area contributed by atoms with Gasteiger partial charge in [0.2, 0.25) is 0 Å². The zero-order chi connectivity index (χ0) is 20.3. The number of nitrogens with one attached hydrogen (secondary N) is 1. The van der Waals surface area contributed by atoms with Crippen molar-refractivity contribution < 1.29 is 9.47 Å². The normalized spacial score (nSPS) is 24.7. The number of halogens is 1. The number of likely N-dealkylation sites (tertiary alicyclic amines) is 1. The molecular weight excluding hydrogens is 491 g/mol. The van der Waals surface area contributed by atoms with E-state index in [4.69, 9.17) is 14.5 Å². The van der Waals surface area contributed by atoms with Gasteiger partial charge in [0.05, 0.1) is 25.4 Å². The van der Waals surface area contributed by atoms with Gasteiger partial charge in [-0.15, -0.1) is 24.0 Å². The van der Waals surface area contributed by atoms with Crippen molar-refractivity contribution in [1.82, 2.24) is 15.1 Å². The van der Waals surface area contributed by atoms with E-state index < -0.39 is 0 Å². The van der Waals surface area contributed by atoms with E-state index in [1.54, 1.807) is 0 Å². The van der Waals surface area contributed by atoms with E-state index in [0.29, 0.717) is 12.2 Å². The Morgan fingerprint density at radius 1 is 1.07 bits per heavy atom. The first kappa shape index (κ1) is 26.1. The summed E-state index contributed by atoms with van der Waals surface area (Å²) in [7, 11) is 2.28. The molecule has 2 aliphatic heterocycles. The monoisotopic (exact) mass is 536 g/mol. The molecule has 1 aliphatic carbocycles. The Hall–Kier alpha value is -0.120. The fraction of sp³-hybridized carbons (Fsp3) is 0.957. The summed E-state index contributed by atoms with van der Waals surface area (Å²) >= 11 is 0. The molecule has 3 rings (SSSR count). The Labute approximate surface area is 201 Å². The highest BCUT2D eigenvalue weighted by molar-refractivity contribution is 14.0. The number of hydrogen-bond donors (Lipinski definition) is 1. The third kappa shape index (κ3) is 8.79. The van der Waals surface area contributed by atoms with Crippen LogP contribution in [-0.4, -0.2) is 87.0 Å². The smallest absolute Gasteiger partial charge is 0.193 e. The summed E-state index contributed by atoms with van der Waals surface area (Å²) in [6.45, 7) is 8.75. The lowest BCUT2D eigenvalue weighted by Crippen LogP contribution is -2.47. The van der Waals surface area contributed by atoms with Gasteiger partial charge in [-0.2, -0.15) is 0 Å². The Morgan fingerprint density at radius 3 is 2.47 bits per heavy atom. The minimum absolute atomic E-state index is 0. The van der Waals surface area contributed by atoms with E-state index in [9.17, 15) is 0 Å². The highest BCUT2D eigenvalue weighted by Crippen LogP contribution is 2.21. The van der Waals surface area contributed by atoms with Gasteiger partial charge >= 0.3 is 0 Å². The molecule has 2 heterocycles. The van der Waals surface area contributed by atoms with Gasteiger partial charge in [0.1, 0.15) is 0 Å². The van der Waals surface area contributed by atoms with Crippen LogP contribution in [-0.2, 0) is 9.47 Å². The summed E-state index contributed by atoms with van der Waals surface area (Å²) in [6.07, 6.45) is 13.4. The molecule has 0 aromatic rings. The summed E-state index contributed by atoms with van der Waals surface area (Å²) in [6, 6.07) is 0.766. The molecule has 1 saturated carbocycles. The molecule has 3 fully saturated rings. The van der Waals surface area contributed by atoms with Crippen molar-refractivity contribution in [1.29, 1.82) is 0 Å². The highest BCUT2D eigenvalue weighted by Gasteiger charge is 2.24. The Kier molecular flexibility index (Phi) is 12.9. The SMILES string of the molecule is CCNC(=NCCN(C)C1CCCCC1)N1CCC(OCC2CCCCO2)CC1.I. The number of piperidine rings is 1. The van der Waals surface area contributed by atoms with Crippen LogP contribution >= 0.6 is 24.0 Å². The number of aliphatic imine (C=N–C) groups is 1. The van der Waals surface area contributed by atoms with Crippen LogP contribution in [0.15, 0.2) is 4.99 Å². The number of hydrogen-bond acceptors (Lipinski definition) is 4. The second-order valence-corrected chi connectivity index (χ2v) is 9.02. The van der Waals surface area contributed by atoms with Gasteiger partial charge in [0.25, 0.3) is 0 Å². The van der Waals surface area contributed by atoms with Crippen LogP contribution in [0.3, 0.4) is 0 Å². The number of likely N-dealkylation sites (N-methyl/N-ethyl adjacent to an activating group) is 1. The standard InChI is InChI=1S/C23H44N4O2.HI/c1-3-24-23(25-14-17-26(2)20-9-5-4-6-10-20)27-15-12-21(13-16-27)29-19-22-11-7-8-18-28-22;/h20-22H,3-19H2,1-2H3,(H,24,25);1H. The maximum Gasteiger partial charge on any atom is 0.193 e. The first-order valence-corrected chi connectivity index (χ1v) is 12.2. The maximum atomic E-state index is 6.17. The van der Waals surface area contributed by atoms with Crippen LogP contribution in [0.2, 0.25) is 0 Å². The van der Waals surface area contributed by atoms with Crippen molar-refractivity contribution in [2.24, 2.45) is 4.99 Å². The first-order chi connectivity index (χ1) is 14.3. The molecule has 0 bridgehead atoms. The quantitative estimate of drug-likeness (QED) is 0.290. The Morgan fingerprint density at radius 2 is 1.80 bits per heavy atom. The van der Waals surface area contributed by atoms with Crippen molar-refractivity contribution in [3.63, 3.8) is 0 Å². The van der Waals surface area contributed by atoms with E-state index in [2.05, 4.69) is 29.1 Å². The number of guanidine groups is 1. The molecule has 2 saturated heterocycles. The van der Waals surface area contributed by atoms with E-state index in [1.807, 2.05) is 0 Å². The zero-order valence-electron chi connectivity index (χ0n) is 19.3. The molecule has 0 amide bonds. The van der Waals surface area contributed by atoms with Crippen molar-refractivity contribution in [3.05, 3.63) is 0 Å². The second kappa shape index (κ2) is 14.9. The third-order valence-electron chi connectivity index (χ3n) is 6.78. The van der Waals surface area contributed by atoms with Gasteiger partial charge in [-0.1, -0.05) is 19.3 Å². The van der Waals surface area contributed by atoms with E-state index in [-0.39, 0.29) is 24.0 Å². The van der Waals surface area contributed by atoms with Crippen LogP contribution in [0.25, 0.3) is 0 Å². The molecule has 7 heteroatoms. The van der Waals surface area contributed by atoms with Crippen molar-refractivity contribution >= 4 is 29.9 Å². The average Bonchev–Trinajstić information content (AvgIpc) is 2.79. The molecule has 0 radical (unpaired) electrons. The van der Waals surface area contributed by atoms with Gasteiger partial charge < -0.3 is 24.6 Å². The van der Waals surface area contributed by atoms with Gasteiger partial charge in [0, 0.05) is 38.8 Å². The second-order valence-electron chi connectivity index (χ2n) is 9.02. The largest absolute Gasteiger partial charge is 0.376 e. The fourth-order valence-corrected chi connectivity index (χ4v) is 4.86. The van der Waals surface area contributed by atoms with Gasteiger partial charge in [-0.05, 0) is 58.9 Å². The lowest BCUT2D eigenvalue weighted by molar-refractivity contribution is -0.0721. The van der Waals surface area contributed by atoms with Gasteiger partial charge in [-0.25, -0.2) is 0 Å². The third-order valence-corrected chi connectivity index (χ3v) is 6.78. The summed E-state index contributed by atoms with van der Waals surface area (Å²) in [5.41, 5.74) is 0. The summed E-state index contributed by atoms with van der Waals surface area (Å²) in [4.78, 5) is 9.89. The topological polar surface area (TPSA) is 49.3 Å². The van der Waals surface area contributed by atoms with Crippen molar-refractivity contribution in [2.45, 2.75) is 89.4 Å². The predicted molar refractivity (Wildman–Crippen MR) is 135 cm³/mol. The molecule has 3 aliphatic rings. The number of rotatable bonds is 8. The molecule has 176 valence electrons. The van der Waals surface area contributed by atoms with E-state index >= 15 is 0 Å². The van der Waals surface area contributed by atoms with Crippen LogP contribution in [0.5, 0.6) is 0 Å². The summed E-state index contributed by atoms with van der Waals surface area (Å²) in [5, 5.41) is 3.50. The van der Waals surface area contributed by atoms with Crippen LogP contribution < -0.4 is 5.32 Å². The maximum absolute atomic E-state index is 6.17. The highest BCUT2D eigenvalue weighted by atomic mass is 127. The minimum atomic E-state index is 0. The Balaban J connectivity index is 0.00000320. The molecule has 1 unspecified atom stereocenters. The number of nitrogens with zero attached hydrogens (tertiary/aromatic N) is 3. The minimum Gasteiger partial charge on any atom is -0.376 e. The van der Waals surface area contributed by atoms with Crippen molar-refractivity contribution in [3.8, 4) is 0 Å². The fourth-order valence-electron chi connectivity index (χ4n) is 4.86. The number of ether oxygens (including phenoxy) is 2. The molecule has 1 N–H and O–H groups in total. The van der Waals surface area contributed by atoms with Gasteiger partial charge in [-0.3, -0.25) is 4.99 Å². The average molecular weight is 537 g/mol.